The molecule has 0 heterocycles. The monoisotopic (exact) mass is 387 g/mol. The van der Waals surface area contributed by atoms with Gasteiger partial charge in [-0.1, -0.05) is 53.5 Å². The lowest BCUT2D eigenvalue weighted by Crippen LogP contribution is -2.32. The summed E-state index contributed by atoms with van der Waals surface area (Å²) in [6.07, 6.45) is 0.165. The molecule has 0 aliphatic rings. The van der Waals surface area contributed by atoms with E-state index in [2.05, 4.69) is 0 Å². The predicted octanol–water partition coefficient (Wildman–Crippen LogP) is 2.92. The number of hydrogen-bond acceptors (Lipinski definition) is 4. The molecule has 0 aliphatic heterocycles. The highest BCUT2D eigenvalue weighted by Gasteiger charge is 2.22. The van der Waals surface area contributed by atoms with Crippen molar-refractivity contribution in [3.8, 4) is 0 Å². The zero-order valence-corrected chi connectivity index (χ0v) is 14.8. The molecular formula is C16H15Cl2NO4S. The molecule has 128 valence electrons. The van der Waals surface area contributed by atoms with Gasteiger partial charge in [0.15, 0.2) is 9.84 Å². The number of carboxylic acid groups (broad SMARTS) is 1. The van der Waals surface area contributed by atoms with Crippen LogP contribution in [0.15, 0.2) is 47.4 Å². The molecule has 1 atom stereocenters. The van der Waals surface area contributed by atoms with E-state index in [1.54, 1.807) is 30.3 Å². The maximum Gasteiger partial charge on any atom is 0.320 e. The lowest BCUT2D eigenvalue weighted by molar-refractivity contribution is -0.138. The van der Waals surface area contributed by atoms with Crippen LogP contribution in [0.5, 0.6) is 0 Å². The molecule has 5 nitrogen and oxygen atoms in total. The molecule has 0 radical (unpaired) electrons. The Kier molecular flexibility index (Phi) is 5.87. The van der Waals surface area contributed by atoms with E-state index < -0.39 is 21.8 Å². The summed E-state index contributed by atoms with van der Waals surface area (Å²) in [5.74, 6) is -1.35. The van der Waals surface area contributed by atoms with Gasteiger partial charge in [-0.15, -0.1) is 0 Å². The van der Waals surface area contributed by atoms with E-state index in [4.69, 9.17) is 34.0 Å². The fourth-order valence-electron chi connectivity index (χ4n) is 2.18. The first-order valence-electron chi connectivity index (χ1n) is 6.93. The lowest BCUT2D eigenvalue weighted by Gasteiger charge is -2.10. The van der Waals surface area contributed by atoms with Gasteiger partial charge in [0.2, 0.25) is 0 Å². The van der Waals surface area contributed by atoms with Gasteiger partial charge >= 0.3 is 5.97 Å². The molecule has 0 aromatic heterocycles. The second-order valence-corrected chi connectivity index (χ2v) is 8.02. The molecule has 0 aliphatic carbocycles. The van der Waals surface area contributed by atoms with Crippen molar-refractivity contribution in [3.63, 3.8) is 0 Å². The third kappa shape index (κ3) is 4.48. The summed E-state index contributed by atoms with van der Waals surface area (Å²) in [5.41, 5.74) is 6.72. The Balaban J connectivity index is 2.20. The van der Waals surface area contributed by atoms with Gasteiger partial charge in [0.1, 0.15) is 10.9 Å². The van der Waals surface area contributed by atoms with Gasteiger partial charge in [-0.25, -0.2) is 8.42 Å². The first-order valence-corrected chi connectivity index (χ1v) is 9.34. The minimum Gasteiger partial charge on any atom is -0.480 e. The van der Waals surface area contributed by atoms with Crippen molar-refractivity contribution < 1.29 is 18.3 Å². The number of carbonyl (C=O) groups is 1. The normalized spacial score (nSPS) is 12.8. The molecule has 8 heteroatoms. The molecule has 0 fully saturated rings. The first-order chi connectivity index (χ1) is 11.2. The molecule has 24 heavy (non-hydrogen) atoms. The summed E-state index contributed by atoms with van der Waals surface area (Å²) >= 11 is 11.9. The van der Waals surface area contributed by atoms with Gasteiger partial charge in [0, 0.05) is 0 Å². The second kappa shape index (κ2) is 7.53. The van der Waals surface area contributed by atoms with Crippen LogP contribution < -0.4 is 5.73 Å². The topological polar surface area (TPSA) is 97.5 Å². The number of benzene rings is 2. The van der Waals surface area contributed by atoms with E-state index in [9.17, 15) is 13.2 Å². The number of halogens is 2. The Morgan fingerprint density at radius 1 is 1.04 bits per heavy atom. The summed E-state index contributed by atoms with van der Waals surface area (Å²) in [7, 11) is -3.71. The summed E-state index contributed by atoms with van der Waals surface area (Å²) in [6.45, 7) is 0. The van der Waals surface area contributed by atoms with Crippen LogP contribution in [0.1, 0.15) is 11.1 Å². The Labute approximate surface area is 149 Å². The molecule has 0 saturated carbocycles. The third-order valence-corrected chi connectivity index (χ3v) is 6.01. The lowest BCUT2D eigenvalue weighted by atomic mass is 10.1. The number of sulfone groups is 1. The molecular weight excluding hydrogens is 373 g/mol. The van der Waals surface area contributed by atoms with Crippen LogP contribution in [0.3, 0.4) is 0 Å². The van der Waals surface area contributed by atoms with Crippen LogP contribution in [0.4, 0.5) is 0 Å². The average molecular weight is 388 g/mol. The van der Waals surface area contributed by atoms with Gasteiger partial charge in [-0.05, 0) is 29.7 Å². The summed E-state index contributed by atoms with van der Waals surface area (Å²) in [4.78, 5) is 10.7. The fourth-order valence-corrected chi connectivity index (χ4v) is 4.79. The summed E-state index contributed by atoms with van der Waals surface area (Å²) in [6, 6.07) is 10.1. The van der Waals surface area contributed by atoms with Crippen LogP contribution in [-0.4, -0.2) is 25.5 Å². The maximum absolute atomic E-state index is 12.5. The third-order valence-electron chi connectivity index (χ3n) is 3.38. The number of carboxylic acids is 1. The number of hydrogen-bond donors (Lipinski definition) is 2. The summed E-state index contributed by atoms with van der Waals surface area (Å²) in [5, 5.41) is 8.95. The van der Waals surface area contributed by atoms with Crippen molar-refractivity contribution in [2.75, 3.05) is 0 Å². The predicted molar refractivity (Wildman–Crippen MR) is 93.1 cm³/mol. The highest BCUT2D eigenvalue weighted by molar-refractivity contribution is 7.90. The van der Waals surface area contributed by atoms with E-state index in [-0.39, 0.29) is 27.1 Å². The van der Waals surface area contributed by atoms with E-state index in [1.165, 1.54) is 12.1 Å². The zero-order chi connectivity index (χ0) is 17.9. The van der Waals surface area contributed by atoms with Crippen molar-refractivity contribution in [2.45, 2.75) is 23.1 Å². The summed E-state index contributed by atoms with van der Waals surface area (Å²) < 4.78 is 25.1. The molecule has 2 rings (SSSR count). The van der Waals surface area contributed by atoms with E-state index in [1.807, 2.05) is 0 Å². The highest BCUT2D eigenvalue weighted by atomic mass is 35.5. The molecule has 2 aromatic carbocycles. The van der Waals surface area contributed by atoms with Crippen molar-refractivity contribution in [1.29, 1.82) is 0 Å². The molecule has 0 bridgehead atoms. The standard InChI is InChI=1S/C16H15Cl2NO4S/c17-12-2-1-3-13(18)15(12)24(22,23)9-11-6-4-10(5-7-11)8-14(19)16(20)21/h1-7,14H,8-9,19H2,(H,20,21)/t14-/m0/s1. The Bertz CT molecular complexity index is 831. The smallest absolute Gasteiger partial charge is 0.320 e. The maximum atomic E-state index is 12.5. The Morgan fingerprint density at radius 3 is 2.04 bits per heavy atom. The highest BCUT2D eigenvalue weighted by Crippen LogP contribution is 2.31. The Morgan fingerprint density at radius 2 is 1.54 bits per heavy atom. The van der Waals surface area contributed by atoms with Gasteiger partial charge in [0.25, 0.3) is 0 Å². The molecule has 0 spiro atoms. The van der Waals surface area contributed by atoms with Gasteiger partial charge < -0.3 is 10.8 Å². The fraction of sp³-hybridized carbons (Fsp3) is 0.188. The first kappa shape index (κ1) is 18.7. The van der Waals surface area contributed by atoms with Crippen LogP contribution >= 0.6 is 23.2 Å². The Hall–Kier alpha value is -1.60. The van der Waals surface area contributed by atoms with Crippen LogP contribution in [0, 0.1) is 0 Å². The van der Waals surface area contributed by atoms with Gasteiger partial charge in [-0.3, -0.25) is 4.79 Å². The number of rotatable bonds is 6. The SMILES string of the molecule is N[C@@H](Cc1ccc(CS(=O)(=O)c2c(Cl)cccc2Cl)cc1)C(=O)O. The largest absolute Gasteiger partial charge is 0.480 e. The molecule has 0 amide bonds. The van der Waals surface area contributed by atoms with Crippen molar-refractivity contribution in [2.24, 2.45) is 5.73 Å². The minimum absolute atomic E-state index is 0.0755. The molecule has 2 aromatic rings. The van der Waals surface area contributed by atoms with Crippen LogP contribution in [-0.2, 0) is 26.8 Å². The molecule has 0 unspecified atom stereocenters. The molecule has 0 saturated heterocycles. The van der Waals surface area contributed by atoms with Gasteiger partial charge in [-0.2, -0.15) is 0 Å². The van der Waals surface area contributed by atoms with E-state index >= 15 is 0 Å². The van der Waals surface area contributed by atoms with Crippen LogP contribution in [0.2, 0.25) is 10.0 Å². The van der Waals surface area contributed by atoms with Crippen LogP contribution in [0.25, 0.3) is 0 Å². The van der Waals surface area contributed by atoms with Crippen molar-refractivity contribution in [1.82, 2.24) is 0 Å². The van der Waals surface area contributed by atoms with E-state index in [0.29, 0.717) is 11.1 Å². The van der Waals surface area contributed by atoms with Crippen molar-refractivity contribution in [3.05, 3.63) is 63.6 Å². The number of aliphatic carboxylic acids is 1. The van der Waals surface area contributed by atoms with Crippen molar-refractivity contribution >= 4 is 39.0 Å². The zero-order valence-electron chi connectivity index (χ0n) is 12.4. The number of nitrogens with two attached hydrogens (primary N) is 1. The van der Waals surface area contributed by atoms with E-state index in [0.717, 1.165) is 0 Å². The molecule has 3 N–H and O–H groups in total. The average Bonchev–Trinajstić information content (AvgIpc) is 2.48. The van der Waals surface area contributed by atoms with Gasteiger partial charge in [0.05, 0.1) is 15.8 Å². The second-order valence-electron chi connectivity index (χ2n) is 5.28. The minimum atomic E-state index is -3.71. The quantitative estimate of drug-likeness (QED) is 0.793.